The third kappa shape index (κ3) is 3.86. The van der Waals surface area contributed by atoms with Crippen molar-refractivity contribution in [3.63, 3.8) is 0 Å². The molecule has 0 bridgehead atoms. The zero-order valence-electron chi connectivity index (χ0n) is 13.2. The number of morpholine rings is 1. The number of hydrogen-bond donors (Lipinski definition) is 1. The molecule has 1 aliphatic rings. The van der Waals surface area contributed by atoms with E-state index in [0.717, 1.165) is 11.3 Å². The van der Waals surface area contributed by atoms with Gasteiger partial charge in [-0.2, -0.15) is 5.26 Å². The Kier molecular flexibility index (Phi) is 5.18. The second-order valence-electron chi connectivity index (χ2n) is 5.60. The van der Waals surface area contributed by atoms with Crippen LogP contribution in [0.1, 0.15) is 19.4 Å². The SMILES string of the molecule is Cc1ccccc1N/C=C(/C#N)C(=O)N1CC(C)OC(C)C1. The summed E-state index contributed by atoms with van der Waals surface area (Å²) in [5.74, 6) is -0.259. The molecule has 1 fully saturated rings. The maximum Gasteiger partial charge on any atom is 0.266 e. The van der Waals surface area contributed by atoms with E-state index in [9.17, 15) is 10.1 Å². The molecule has 1 heterocycles. The van der Waals surface area contributed by atoms with E-state index in [1.807, 2.05) is 51.1 Å². The number of carbonyl (C=O) groups excluding carboxylic acids is 1. The van der Waals surface area contributed by atoms with E-state index < -0.39 is 0 Å². The van der Waals surface area contributed by atoms with Crippen molar-refractivity contribution in [2.75, 3.05) is 18.4 Å². The van der Waals surface area contributed by atoms with Crippen molar-refractivity contribution in [2.24, 2.45) is 0 Å². The molecule has 1 aromatic carbocycles. The van der Waals surface area contributed by atoms with Crippen molar-refractivity contribution in [1.82, 2.24) is 4.90 Å². The number of nitrogens with one attached hydrogen (secondary N) is 1. The molecule has 1 aliphatic heterocycles. The molecule has 5 heteroatoms. The normalized spacial score (nSPS) is 22.1. The van der Waals surface area contributed by atoms with Gasteiger partial charge in [0.2, 0.25) is 0 Å². The summed E-state index contributed by atoms with van der Waals surface area (Å²) in [7, 11) is 0. The molecular weight excluding hydrogens is 278 g/mol. The van der Waals surface area contributed by atoms with Gasteiger partial charge in [0.05, 0.1) is 12.2 Å². The van der Waals surface area contributed by atoms with Crippen LogP contribution in [0.5, 0.6) is 0 Å². The summed E-state index contributed by atoms with van der Waals surface area (Å²) in [6, 6.07) is 9.71. The second kappa shape index (κ2) is 7.10. The summed E-state index contributed by atoms with van der Waals surface area (Å²) in [5, 5.41) is 12.3. The summed E-state index contributed by atoms with van der Waals surface area (Å²) in [6.07, 6.45) is 1.45. The lowest BCUT2D eigenvalue weighted by Gasteiger charge is -2.35. The van der Waals surface area contributed by atoms with Gasteiger partial charge < -0.3 is 15.0 Å². The zero-order chi connectivity index (χ0) is 16.1. The molecule has 0 aromatic heterocycles. The Morgan fingerprint density at radius 1 is 1.36 bits per heavy atom. The Hall–Kier alpha value is -2.32. The van der Waals surface area contributed by atoms with E-state index in [2.05, 4.69) is 5.32 Å². The van der Waals surface area contributed by atoms with Crippen LogP contribution in [0.2, 0.25) is 0 Å². The average Bonchev–Trinajstić information content (AvgIpc) is 2.48. The predicted molar refractivity (Wildman–Crippen MR) is 85.1 cm³/mol. The van der Waals surface area contributed by atoms with Crippen molar-refractivity contribution >= 4 is 11.6 Å². The molecule has 1 aromatic rings. The molecular formula is C17H21N3O2. The van der Waals surface area contributed by atoms with Crippen LogP contribution in [0.15, 0.2) is 36.0 Å². The van der Waals surface area contributed by atoms with Gasteiger partial charge in [-0.3, -0.25) is 4.79 Å². The molecule has 116 valence electrons. The molecule has 2 rings (SSSR count). The van der Waals surface area contributed by atoms with E-state index in [1.54, 1.807) is 4.90 Å². The number of hydrogen-bond acceptors (Lipinski definition) is 4. The van der Waals surface area contributed by atoms with Gasteiger partial charge in [0.25, 0.3) is 5.91 Å². The Bertz CT molecular complexity index is 609. The van der Waals surface area contributed by atoms with Gasteiger partial charge in [0.1, 0.15) is 11.6 Å². The van der Waals surface area contributed by atoms with E-state index in [1.165, 1.54) is 6.20 Å². The summed E-state index contributed by atoms with van der Waals surface area (Å²) < 4.78 is 5.61. The van der Waals surface area contributed by atoms with Crippen molar-refractivity contribution in [1.29, 1.82) is 5.26 Å². The number of aryl methyl sites for hydroxylation is 1. The number of nitriles is 1. The van der Waals surface area contributed by atoms with Gasteiger partial charge in [-0.05, 0) is 32.4 Å². The maximum absolute atomic E-state index is 12.5. The molecule has 0 radical (unpaired) electrons. The summed E-state index contributed by atoms with van der Waals surface area (Å²) in [6.45, 7) is 6.84. The Balaban J connectivity index is 2.10. The molecule has 1 amide bonds. The highest BCUT2D eigenvalue weighted by Gasteiger charge is 2.27. The van der Waals surface area contributed by atoms with Gasteiger partial charge in [0.15, 0.2) is 0 Å². The van der Waals surface area contributed by atoms with Gasteiger partial charge in [-0.1, -0.05) is 18.2 Å². The third-order valence-electron chi connectivity index (χ3n) is 3.57. The lowest BCUT2D eigenvalue weighted by molar-refractivity contribution is -0.138. The van der Waals surface area contributed by atoms with Crippen molar-refractivity contribution in [3.05, 3.63) is 41.6 Å². The fourth-order valence-electron chi connectivity index (χ4n) is 2.54. The number of benzene rings is 1. The van der Waals surface area contributed by atoms with E-state index in [4.69, 9.17) is 4.74 Å². The first kappa shape index (κ1) is 16.1. The Morgan fingerprint density at radius 3 is 2.59 bits per heavy atom. The predicted octanol–water partition coefficient (Wildman–Crippen LogP) is 2.45. The molecule has 0 saturated carbocycles. The lowest BCUT2D eigenvalue weighted by atomic mass is 10.2. The van der Waals surface area contributed by atoms with Crippen molar-refractivity contribution < 1.29 is 9.53 Å². The summed E-state index contributed by atoms with van der Waals surface area (Å²) in [4.78, 5) is 14.1. The molecule has 5 nitrogen and oxygen atoms in total. The number of rotatable bonds is 3. The standard InChI is InChI=1S/C17H21N3O2/c1-12-6-4-5-7-16(12)19-9-15(8-18)17(21)20-10-13(2)22-14(3)11-20/h4-7,9,13-14,19H,10-11H2,1-3H3/b15-9-. The highest BCUT2D eigenvalue weighted by molar-refractivity contribution is 5.97. The first-order chi connectivity index (χ1) is 10.5. The van der Waals surface area contributed by atoms with Gasteiger partial charge in [-0.15, -0.1) is 0 Å². The average molecular weight is 299 g/mol. The van der Waals surface area contributed by atoms with Crippen LogP contribution >= 0.6 is 0 Å². The second-order valence-corrected chi connectivity index (χ2v) is 5.60. The number of para-hydroxylation sites is 1. The van der Waals surface area contributed by atoms with Crippen LogP contribution in [0.3, 0.4) is 0 Å². The first-order valence-corrected chi connectivity index (χ1v) is 7.38. The third-order valence-corrected chi connectivity index (χ3v) is 3.57. The van der Waals surface area contributed by atoms with Gasteiger partial charge in [0, 0.05) is 25.0 Å². The molecule has 0 spiro atoms. The van der Waals surface area contributed by atoms with Gasteiger partial charge >= 0.3 is 0 Å². The quantitative estimate of drug-likeness (QED) is 0.688. The smallest absolute Gasteiger partial charge is 0.266 e. The number of ether oxygens (including phenoxy) is 1. The van der Waals surface area contributed by atoms with E-state index in [-0.39, 0.29) is 23.7 Å². The van der Waals surface area contributed by atoms with Crippen LogP contribution in [0.25, 0.3) is 0 Å². The molecule has 1 saturated heterocycles. The number of nitrogens with zero attached hydrogens (tertiary/aromatic N) is 2. The van der Waals surface area contributed by atoms with Crippen molar-refractivity contribution in [2.45, 2.75) is 33.0 Å². The highest BCUT2D eigenvalue weighted by atomic mass is 16.5. The Labute approximate surface area is 131 Å². The molecule has 1 N–H and O–H groups in total. The number of amides is 1. The summed E-state index contributed by atoms with van der Waals surface area (Å²) >= 11 is 0. The topological polar surface area (TPSA) is 65.4 Å². The zero-order valence-corrected chi connectivity index (χ0v) is 13.2. The number of carbonyl (C=O) groups is 1. The van der Waals surface area contributed by atoms with Crippen molar-refractivity contribution in [3.8, 4) is 6.07 Å². The molecule has 22 heavy (non-hydrogen) atoms. The minimum Gasteiger partial charge on any atom is -0.372 e. The minimum absolute atomic E-state index is 0.0167. The minimum atomic E-state index is -0.259. The molecule has 2 atom stereocenters. The van der Waals surface area contributed by atoms with Crippen LogP contribution in [0, 0.1) is 18.3 Å². The fourth-order valence-corrected chi connectivity index (χ4v) is 2.54. The monoisotopic (exact) mass is 299 g/mol. The maximum atomic E-state index is 12.5. The van der Waals surface area contributed by atoms with Crippen LogP contribution < -0.4 is 5.32 Å². The lowest BCUT2D eigenvalue weighted by Crippen LogP contribution is -2.48. The molecule has 0 aliphatic carbocycles. The van der Waals surface area contributed by atoms with E-state index in [0.29, 0.717) is 13.1 Å². The Morgan fingerprint density at radius 2 is 2.00 bits per heavy atom. The van der Waals surface area contributed by atoms with Crippen LogP contribution in [0.4, 0.5) is 5.69 Å². The summed E-state index contributed by atoms with van der Waals surface area (Å²) in [5.41, 5.74) is 2.04. The van der Waals surface area contributed by atoms with Crippen LogP contribution in [-0.2, 0) is 9.53 Å². The fraction of sp³-hybridized carbons (Fsp3) is 0.412. The largest absolute Gasteiger partial charge is 0.372 e. The highest BCUT2D eigenvalue weighted by Crippen LogP contribution is 2.16. The van der Waals surface area contributed by atoms with Crippen LogP contribution in [-0.4, -0.2) is 36.1 Å². The molecule has 2 unspecified atom stereocenters. The van der Waals surface area contributed by atoms with Gasteiger partial charge in [-0.25, -0.2) is 0 Å². The van der Waals surface area contributed by atoms with E-state index >= 15 is 0 Å². The number of anilines is 1. The first-order valence-electron chi connectivity index (χ1n) is 7.38.